The molecule has 1 saturated heterocycles. The zero-order chi connectivity index (χ0) is 16.9. The minimum absolute atomic E-state index is 0.115. The average molecular weight is 362 g/mol. The van der Waals surface area contributed by atoms with E-state index in [0.29, 0.717) is 16.7 Å². The minimum Gasteiger partial charge on any atom is -0.377 e. The van der Waals surface area contributed by atoms with Gasteiger partial charge in [-0.3, -0.25) is 4.79 Å². The maximum absolute atomic E-state index is 12.7. The predicted octanol–water partition coefficient (Wildman–Crippen LogP) is 5.17. The molecule has 1 N–H and O–H groups in total. The molecule has 1 atom stereocenters. The number of hydrogen-bond donors (Lipinski definition) is 1. The number of carbonyl (C=O) groups is 1. The monoisotopic (exact) mass is 361 g/mol. The van der Waals surface area contributed by atoms with Crippen molar-refractivity contribution in [1.82, 2.24) is 0 Å². The molecule has 0 saturated carbocycles. The lowest BCUT2D eigenvalue weighted by atomic mass is 10.1. The van der Waals surface area contributed by atoms with E-state index in [1.54, 1.807) is 17.8 Å². The van der Waals surface area contributed by atoms with Crippen molar-refractivity contribution in [2.45, 2.75) is 30.8 Å². The second-order valence-corrected chi connectivity index (χ2v) is 7.35. The highest BCUT2D eigenvalue weighted by atomic mass is 35.5. The van der Waals surface area contributed by atoms with Crippen LogP contribution in [0.5, 0.6) is 0 Å². The van der Waals surface area contributed by atoms with Gasteiger partial charge >= 0.3 is 0 Å². The van der Waals surface area contributed by atoms with Gasteiger partial charge in [0.1, 0.15) is 0 Å². The lowest BCUT2D eigenvalue weighted by Gasteiger charge is -2.13. The van der Waals surface area contributed by atoms with Gasteiger partial charge in [-0.15, -0.1) is 11.8 Å². The SMILES string of the molecule is Cc1ccc(Cl)cc1NC(=O)c1ccccc1SC[C@H]1CCCO1. The van der Waals surface area contributed by atoms with Crippen LogP contribution in [-0.4, -0.2) is 24.4 Å². The zero-order valence-corrected chi connectivity index (χ0v) is 15.1. The third kappa shape index (κ3) is 4.32. The fourth-order valence-corrected chi connectivity index (χ4v) is 3.95. The molecule has 2 aromatic rings. The van der Waals surface area contributed by atoms with Crippen molar-refractivity contribution in [2.24, 2.45) is 0 Å². The molecule has 5 heteroatoms. The molecule has 0 radical (unpaired) electrons. The standard InChI is InChI=1S/C19H20ClNO2S/c1-13-8-9-14(20)11-17(13)21-19(22)16-6-2-3-7-18(16)24-12-15-5-4-10-23-15/h2-3,6-9,11,15H,4-5,10,12H2,1H3,(H,21,22)/t15-/m1/s1. The third-order valence-electron chi connectivity index (χ3n) is 4.03. The van der Waals surface area contributed by atoms with Crippen LogP contribution in [0.4, 0.5) is 5.69 Å². The predicted molar refractivity (Wildman–Crippen MR) is 100 cm³/mol. The van der Waals surface area contributed by atoms with Crippen LogP contribution in [0.1, 0.15) is 28.8 Å². The first-order valence-electron chi connectivity index (χ1n) is 8.04. The Balaban J connectivity index is 1.73. The molecular weight excluding hydrogens is 342 g/mol. The summed E-state index contributed by atoms with van der Waals surface area (Å²) in [5, 5.41) is 3.58. The Morgan fingerprint density at radius 1 is 1.33 bits per heavy atom. The number of thioether (sulfide) groups is 1. The van der Waals surface area contributed by atoms with E-state index < -0.39 is 0 Å². The van der Waals surface area contributed by atoms with E-state index >= 15 is 0 Å². The van der Waals surface area contributed by atoms with Crippen LogP contribution >= 0.6 is 23.4 Å². The van der Waals surface area contributed by atoms with E-state index in [-0.39, 0.29) is 5.91 Å². The van der Waals surface area contributed by atoms with Gasteiger partial charge in [-0.2, -0.15) is 0 Å². The second kappa shape index (κ2) is 8.06. The molecule has 0 aromatic heterocycles. The van der Waals surface area contributed by atoms with Gasteiger partial charge < -0.3 is 10.1 Å². The maximum Gasteiger partial charge on any atom is 0.256 e. The lowest BCUT2D eigenvalue weighted by molar-refractivity contribution is 0.102. The summed E-state index contributed by atoms with van der Waals surface area (Å²) in [6.45, 7) is 2.80. The van der Waals surface area contributed by atoms with Gasteiger partial charge in [-0.05, 0) is 49.6 Å². The number of benzene rings is 2. The van der Waals surface area contributed by atoms with Crippen LogP contribution in [0.15, 0.2) is 47.4 Å². The van der Waals surface area contributed by atoms with Crippen molar-refractivity contribution in [3.8, 4) is 0 Å². The first-order valence-corrected chi connectivity index (χ1v) is 9.41. The largest absolute Gasteiger partial charge is 0.377 e. The highest BCUT2D eigenvalue weighted by Crippen LogP contribution is 2.28. The number of amides is 1. The molecule has 24 heavy (non-hydrogen) atoms. The number of ether oxygens (including phenoxy) is 1. The van der Waals surface area contributed by atoms with Gasteiger partial charge in [0, 0.05) is 28.0 Å². The molecule has 1 aliphatic rings. The van der Waals surface area contributed by atoms with Gasteiger partial charge in [0.25, 0.3) is 5.91 Å². The average Bonchev–Trinajstić information content (AvgIpc) is 3.10. The quantitative estimate of drug-likeness (QED) is 0.746. The van der Waals surface area contributed by atoms with E-state index in [0.717, 1.165) is 41.3 Å². The van der Waals surface area contributed by atoms with Gasteiger partial charge in [-0.25, -0.2) is 0 Å². The maximum atomic E-state index is 12.7. The van der Waals surface area contributed by atoms with E-state index in [9.17, 15) is 4.79 Å². The van der Waals surface area contributed by atoms with Gasteiger partial charge in [0.2, 0.25) is 0 Å². The van der Waals surface area contributed by atoms with E-state index in [2.05, 4.69) is 5.32 Å². The molecule has 126 valence electrons. The molecule has 1 aliphatic heterocycles. The molecule has 0 bridgehead atoms. The first kappa shape index (κ1) is 17.3. The van der Waals surface area contributed by atoms with E-state index in [4.69, 9.17) is 16.3 Å². The lowest BCUT2D eigenvalue weighted by Crippen LogP contribution is -2.14. The first-order chi connectivity index (χ1) is 11.6. The zero-order valence-electron chi connectivity index (χ0n) is 13.5. The highest BCUT2D eigenvalue weighted by molar-refractivity contribution is 7.99. The Labute approximate surface area is 151 Å². The Morgan fingerprint density at radius 2 is 2.17 bits per heavy atom. The summed E-state index contributed by atoms with van der Waals surface area (Å²) in [5.41, 5.74) is 2.41. The molecule has 0 aliphatic carbocycles. The van der Waals surface area contributed by atoms with E-state index in [1.807, 2.05) is 43.3 Å². The highest BCUT2D eigenvalue weighted by Gasteiger charge is 2.18. The third-order valence-corrected chi connectivity index (χ3v) is 5.47. The Hall–Kier alpha value is -1.49. The second-order valence-electron chi connectivity index (χ2n) is 5.86. The van der Waals surface area contributed by atoms with Crippen molar-refractivity contribution in [1.29, 1.82) is 0 Å². The number of halogens is 1. The number of hydrogen-bond acceptors (Lipinski definition) is 3. The summed E-state index contributed by atoms with van der Waals surface area (Å²) in [5.74, 6) is 0.760. The van der Waals surface area contributed by atoms with Crippen LogP contribution < -0.4 is 5.32 Å². The summed E-state index contributed by atoms with van der Waals surface area (Å²) < 4.78 is 5.66. The number of carbonyl (C=O) groups excluding carboxylic acids is 1. The van der Waals surface area contributed by atoms with Gasteiger partial charge in [0.05, 0.1) is 11.7 Å². The van der Waals surface area contributed by atoms with Gasteiger partial charge in [-0.1, -0.05) is 29.8 Å². The number of nitrogens with one attached hydrogen (secondary N) is 1. The van der Waals surface area contributed by atoms with Crippen LogP contribution in [0.2, 0.25) is 5.02 Å². The number of anilines is 1. The summed E-state index contributed by atoms with van der Waals surface area (Å²) in [6.07, 6.45) is 2.52. The van der Waals surface area contributed by atoms with Gasteiger partial charge in [0.15, 0.2) is 0 Å². The molecule has 0 spiro atoms. The summed E-state index contributed by atoms with van der Waals surface area (Å²) in [6, 6.07) is 13.2. The van der Waals surface area contributed by atoms with Crippen LogP contribution in [-0.2, 0) is 4.74 Å². The topological polar surface area (TPSA) is 38.3 Å². The normalized spacial score (nSPS) is 17.0. The van der Waals surface area contributed by atoms with Crippen LogP contribution in [0.3, 0.4) is 0 Å². The summed E-state index contributed by atoms with van der Waals surface area (Å²) in [4.78, 5) is 13.7. The minimum atomic E-state index is -0.115. The Kier molecular flexibility index (Phi) is 5.82. The summed E-state index contributed by atoms with van der Waals surface area (Å²) >= 11 is 7.71. The molecule has 1 amide bonds. The smallest absolute Gasteiger partial charge is 0.256 e. The van der Waals surface area contributed by atoms with Crippen LogP contribution in [0, 0.1) is 6.92 Å². The fourth-order valence-electron chi connectivity index (χ4n) is 2.66. The van der Waals surface area contributed by atoms with E-state index in [1.165, 1.54) is 0 Å². The number of aryl methyl sites for hydroxylation is 1. The molecule has 1 fully saturated rings. The number of rotatable bonds is 5. The molecule has 1 heterocycles. The van der Waals surface area contributed by atoms with Crippen molar-refractivity contribution < 1.29 is 9.53 Å². The van der Waals surface area contributed by atoms with Crippen molar-refractivity contribution in [3.05, 3.63) is 58.6 Å². The molecular formula is C19H20ClNO2S. The Bertz CT molecular complexity index is 729. The van der Waals surface area contributed by atoms with Crippen LogP contribution in [0.25, 0.3) is 0 Å². The summed E-state index contributed by atoms with van der Waals surface area (Å²) in [7, 11) is 0. The molecule has 3 nitrogen and oxygen atoms in total. The van der Waals surface area contributed by atoms with Crippen molar-refractivity contribution in [2.75, 3.05) is 17.7 Å². The fraction of sp³-hybridized carbons (Fsp3) is 0.316. The Morgan fingerprint density at radius 3 is 2.96 bits per heavy atom. The molecule has 0 unspecified atom stereocenters. The molecule has 3 rings (SSSR count). The van der Waals surface area contributed by atoms with Crippen molar-refractivity contribution in [3.63, 3.8) is 0 Å². The molecule has 2 aromatic carbocycles. The van der Waals surface area contributed by atoms with Crippen molar-refractivity contribution >= 4 is 35.0 Å².